The monoisotopic (exact) mass is 279 g/mol. The molecule has 2 rings (SSSR count). The van der Waals surface area contributed by atoms with Crippen LogP contribution in [0.15, 0.2) is 12.3 Å². The zero-order chi connectivity index (χ0) is 13.8. The van der Waals surface area contributed by atoms with Crippen LogP contribution in [0.3, 0.4) is 0 Å². The topological polar surface area (TPSA) is 55.6 Å². The number of aromatic nitrogens is 4. The van der Waals surface area contributed by atoms with Crippen molar-refractivity contribution < 1.29 is 0 Å². The van der Waals surface area contributed by atoms with Gasteiger partial charge in [0.05, 0.1) is 11.9 Å². The predicted octanol–water partition coefficient (Wildman–Crippen LogP) is 2.87. The van der Waals surface area contributed by atoms with Crippen molar-refractivity contribution in [3.8, 4) is 5.82 Å². The van der Waals surface area contributed by atoms with Crippen LogP contribution in [0.25, 0.3) is 5.82 Å². The molecule has 0 fully saturated rings. The summed E-state index contributed by atoms with van der Waals surface area (Å²) in [5, 5.41) is 8.13. The summed E-state index contributed by atoms with van der Waals surface area (Å²) in [6.45, 7) is 6.93. The van der Waals surface area contributed by atoms with E-state index in [9.17, 15) is 0 Å². The van der Waals surface area contributed by atoms with Crippen molar-refractivity contribution in [3.63, 3.8) is 0 Å². The third-order valence-electron chi connectivity index (χ3n) is 2.82. The maximum atomic E-state index is 6.20. The highest BCUT2D eigenvalue weighted by Crippen LogP contribution is 2.21. The van der Waals surface area contributed by atoms with E-state index in [0.29, 0.717) is 16.8 Å². The van der Waals surface area contributed by atoms with Gasteiger partial charge in [-0.25, -0.2) is 9.67 Å². The van der Waals surface area contributed by atoms with Crippen LogP contribution in [-0.2, 0) is 12.8 Å². The Kier molecular flexibility index (Phi) is 4.37. The minimum Gasteiger partial charge on any atom is -0.354 e. The molecule has 0 aliphatic carbocycles. The molecule has 0 saturated carbocycles. The molecule has 2 aromatic heterocycles. The molecule has 5 nitrogen and oxygen atoms in total. The number of nitrogens with zero attached hydrogens (tertiary/aromatic N) is 4. The molecule has 102 valence electrons. The lowest BCUT2D eigenvalue weighted by Gasteiger charge is -2.09. The first kappa shape index (κ1) is 13.8. The fourth-order valence-electron chi connectivity index (χ4n) is 1.83. The minimum atomic E-state index is 0.502. The number of anilines is 1. The van der Waals surface area contributed by atoms with Gasteiger partial charge in [0, 0.05) is 12.2 Å². The highest BCUT2D eigenvalue weighted by atomic mass is 35.5. The summed E-state index contributed by atoms with van der Waals surface area (Å²) in [5.74, 6) is 1.20. The van der Waals surface area contributed by atoms with Crippen LogP contribution in [0, 0.1) is 0 Å². The van der Waals surface area contributed by atoms with Gasteiger partial charge in [-0.15, -0.1) is 0 Å². The van der Waals surface area contributed by atoms with Gasteiger partial charge in [-0.2, -0.15) is 10.1 Å². The summed E-state index contributed by atoms with van der Waals surface area (Å²) in [6, 6.07) is 2.09. The summed E-state index contributed by atoms with van der Waals surface area (Å²) < 4.78 is 1.81. The molecule has 19 heavy (non-hydrogen) atoms. The van der Waals surface area contributed by atoms with Gasteiger partial charge < -0.3 is 5.32 Å². The Balaban J connectivity index is 2.50. The van der Waals surface area contributed by atoms with E-state index in [0.717, 1.165) is 30.8 Å². The zero-order valence-corrected chi connectivity index (χ0v) is 12.2. The maximum absolute atomic E-state index is 6.20. The first-order valence-electron chi connectivity index (χ1n) is 6.54. The summed E-state index contributed by atoms with van der Waals surface area (Å²) >= 11 is 6.20. The Bertz CT molecular complexity index is 564. The molecule has 2 heterocycles. The lowest BCUT2D eigenvalue weighted by molar-refractivity contribution is 0.769. The quantitative estimate of drug-likeness (QED) is 0.914. The van der Waals surface area contributed by atoms with Gasteiger partial charge in [0.15, 0.2) is 5.82 Å². The van der Waals surface area contributed by atoms with Crippen LogP contribution in [0.4, 0.5) is 5.95 Å². The van der Waals surface area contributed by atoms with Crippen LogP contribution >= 0.6 is 11.6 Å². The largest absolute Gasteiger partial charge is 0.354 e. The Morgan fingerprint density at radius 1 is 1.26 bits per heavy atom. The van der Waals surface area contributed by atoms with Crippen LogP contribution in [0.1, 0.15) is 32.2 Å². The molecule has 0 atom stereocenters. The van der Waals surface area contributed by atoms with Crippen molar-refractivity contribution >= 4 is 17.5 Å². The molecule has 0 amide bonds. The Morgan fingerprint density at radius 3 is 2.68 bits per heavy atom. The molecule has 0 bridgehead atoms. The molecular weight excluding hydrogens is 262 g/mol. The third-order valence-corrected chi connectivity index (χ3v) is 3.09. The lowest BCUT2D eigenvalue weighted by Crippen LogP contribution is -2.09. The molecule has 6 heteroatoms. The molecule has 0 aliphatic heterocycles. The SMILES string of the molecule is CCNc1ncc(Cl)c(-n2nc(CC)cc2CC)n1. The average molecular weight is 280 g/mol. The van der Waals surface area contributed by atoms with Gasteiger partial charge in [-0.1, -0.05) is 25.4 Å². The van der Waals surface area contributed by atoms with Gasteiger partial charge in [0.1, 0.15) is 5.02 Å². The lowest BCUT2D eigenvalue weighted by atomic mass is 10.2. The van der Waals surface area contributed by atoms with Gasteiger partial charge in [0.25, 0.3) is 0 Å². The number of hydrogen-bond donors (Lipinski definition) is 1. The van der Waals surface area contributed by atoms with Gasteiger partial charge >= 0.3 is 0 Å². The standard InChI is InChI=1S/C13H18ClN5/c1-4-9-7-10(5-2)19(18-9)12-11(14)8-16-13(17-12)15-6-3/h7-8H,4-6H2,1-3H3,(H,15,16,17). The second kappa shape index (κ2) is 6.02. The highest BCUT2D eigenvalue weighted by Gasteiger charge is 2.13. The summed E-state index contributed by atoms with van der Waals surface area (Å²) in [6.07, 6.45) is 3.38. The number of aryl methyl sites for hydroxylation is 2. The minimum absolute atomic E-state index is 0.502. The van der Waals surface area contributed by atoms with Gasteiger partial charge in [0.2, 0.25) is 5.95 Å². The summed E-state index contributed by atoms with van der Waals surface area (Å²) in [4.78, 5) is 8.58. The summed E-state index contributed by atoms with van der Waals surface area (Å²) in [5.41, 5.74) is 2.14. The van der Waals surface area contributed by atoms with E-state index in [1.807, 2.05) is 11.6 Å². The predicted molar refractivity (Wildman–Crippen MR) is 77.1 cm³/mol. The maximum Gasteiger partial charge on any atom is 0.224 e. The van der Waals surface area contributed by atoms with Crippen molar-refractivity contribution in [2.24, 2.45) is 0 Å². The Hall–Kier alpha value is -1.62. The normalized spacial score (nSPS) is 10.7. The Labute approximate surface area is 118 Å². The summed E-state index contributed by atoms with van der Waals surface area (Å²) in [7, 11) is 0. The fourth-order valence-corrected chi connectivity index (χ4v) is 2.00. The number of halogens is 1. The molecule has 0 unspecified atom stereocenters. The van der Waals surface area contributed by atoms with E-state index >= 15 is 0 Å². The van der Waals surface area contributed by atoms with Gasteiger partial charge in [-0.05, 0) is 25.8 Å². The Morgan fingerprint density at radius 2 is 2.05 bits per heavy atom. The van der Waals surface area contributed by atoms with Crippen molar-refractivity contribution in [3.05, 3.63) is 28.7 Å². The van der Waals surface area contributed by atoms with Crippen molar-refractivity contribution in [1.82, 2.24) is 19.7 Å². The van der Waals surface area contributed by atoms with Crippen LogP contribution in [0.5, 0.6) is 0 Å². The molecular formula is C13H18ClN5. The van der Waals surface area contributed by atoms with E-state index in [1.165, 1.54) is 0 Å². The number of hydrogen-bond acceptors (Lipinski definition) is 4. The smallest absolute Gasteiger partial charge is 0.224 e. The van der Waals surface area contributed by atoms with Crippen LogP contribution in [-0.4, -0.2) is 26.3 Å². The average Bonchev–Trinajstić information content (AvgIpc) is 2.84. The number of nitrogens with one attached hydrogen (secondary N) is 1. The van der Waals surface area contributed by atoms with Crippen LogP contribution in [0.2, 0.25) is 5.02 Å². The molecule has 0 aromatic carbocycles. The van der Waals surface area contributed by atoms with Crippen molar-refractivity contribution in [1.29, 1.82) is 0 Å². The van der Waals surface area contributed by atoms with Crippen LogP contribution < -0.4 is 5.32 Å². The van der Waals surface area contributed by atoms with E-state index < -0.39 is 0 Å². The molecule has 0 radical (unpaired) electrons. The number of rotatable bonds is 5. The first-order chi connectivity index (χ1) is 9.19. The van der Waals surface area contributed by atoms with Crippen molar-refractivity contribution in [2.45, 2.75) is 33.6 Å². The van der Waals surface area contributed by atoms with Crippen molar-refractivity contribution in [2.75, 3.05) is 11.9 Å². The van der Waals surface area contributed by atoms with E-state index in [1.54, 1.807) is 6.20 Å². The first-order valence-corrected chi connectivity index (χ1v) is 6.91. The molecule has 0 spiro atoms. The van der Waals surface area contributed by atoms with E-state index in [2.05, 4.69) is 40.3 Å². The second-order valence-corrected chi connectivity index (χ2v) is 4.55. The van der Waals surface area contributed by atoms with E-state index in [4.69, 9.17) is 11.6 Å². The van der Waals surface area contributed by atoms with Gasteiger partial charge in [-0.3, -0.25) is 0 Å². The third kappa shape index (κ3) is 2.87. The second-order valence-electron chi connectivity index (χ2n) is 4.14. The molecule has 1 N–H and O–H groups in total. The highest BCUT2D eigenvalue weighted by molar-refractivity contribution is 6.32. The molecule has 0 saturated heterocycles. The molecule has 0 aliphatic rings. The zero-order valence-electron chi connectivity index (χ0n) is 11.4. The van der Waals surface area contributed by atoms with E-state index in [-0.39, 0.29) is 0 Å². The fraction of sp³-hybridized carbons (Fsp3) is 0.462. The molecule has 2 aromatic rings.